The number of carbonyl (C=O) groups excluding carboxylic acids is 1. The molecule has 5 heteroatoms. The Bertz CT molecular complexity index is 1120. The van der Waals surface area contributed by atoms with Crippen molar-refractivity contribution in [1.29, 1.82) is 0 Å². The maximum Gasteiger partial charge on any atom is 0.259 e. The predicted molar refractivity (Wildman–Crippen MR) is 102 cm³/mol. The zero-order chi connectivity index (χ0) is 18.3. The molecule has 0 saturated carbocycles. The highest BCUT2D eigenvalue weighted by atomic mass is 32.2. The fourth-order valence-corrected chi connectivity index (χ4v) is 4.29. The van der Waals surface area contributed by atoms with Crippen LogP contribution >= 0.6 is 0 Å². The molecule has 1 amide bonds. The van der Waals surface area contributed by atoms with Gasteiger partial charge in [0.25, 0.3) is 5.91 Å². The Labute approximate surface area is 152 Å². The van der Waals surface area contributed by atoms with Crippen LogP contribution in [0.3, 0.4) is 0 Å². The van der Waals surface area contributed by atoms with Crippen molar-refractivity contribution in [3.63, 3.8) is 0 Å². The molecule has 1 heterocycles. The molecular formula is C21H17NO3S. The van der Waals surface area contributed by atoms with E-state index < -0.39 is 9.84 Å². The molecule has 0 bridgehead atoms. The summed E-state index contributed by atoms with van der Waals surface area (Å²) >= 11 is 0. The maximum absolute atomic E-state index is 13.3. The van der Waals surface area contributed by atoms with Crippen molar-refractivity contribution in [2.45, 2.75) is 11.4 Å². The Kier molecular flexibility index (Phi) is 3.89. The molecule has 130 valence electrons. The van der Waals surface area contributed by atoms with Gasteiger partial charge in [0.2, 0.25) is 0 Å². The molecule has 4 nitrogen and oxygen atoms in total. The second-order valence-corrected chi connectivity index (χ2v) is 8.32. The van der Waals surface area contributed by atoms with Crippen LogP contribution in [0.25, 0.3) is 11.1 Å². The smallest absolute Gasteiger partial charge is 0.259 e. The number of hydrogen-bond acceptors (Lipinski definition) is 3. The Morgan fingerprint density at radius 3 is 2.23 bits per heavy atom. The van der Waals surface area contributed by atoms with Crippen molar-refractivity contribution in [2.75, 3.05) is 11.2 Å². The van der Waals surface area contributed by atoms with E-state index in [1.54, 1.807) is 23.1 Å². The minimum atomic E-state index is -3.50. The van der Waals surface area contributed by atoms with E-state index in [1.807, 2.05) is 48.5 Å². The van der Waals surface area contributed by atoms with E-state index >= 15 is 0 Å². The number of amides is 1. The van der Waals surface area contributed by atoms with Crippen molar-refractivity contribution < 1.29 is 13.2 Å². The molecule has 0 aliphatic carbocycles. The number of para-hydroxylation sites is 1. The van der Waals surface area contributed by atoms with Gasteiger partial charge in [0, 0.05) is 11.8 Å². The summed E-state index contributed by atoms with van der Waals surface area (Å²) < 4.78 is 24.2. The van der Waals surface area contributed by atoms with E-state index in [9.17, 15) is 13.2 Å². The first-order chi connectivity index (χ1) is 12.5. The first-order valence-corrected chi connectivity index (χ1v) is 10.1. The minimum absolute atomic E-state index is 0.0568. The summed E-state index contributed by atoms with van der Waals surface area (Å²) in [5.74, 6) is -0.312. The lowest BCUT2D eigenvalue weighted by atomic mass is 9.93. The molecule has 26 heavy (non-hydrogen) atoms. The van der Waals surface area contributed by atoms with Gasteiger partial charge in [-0.15, -0.1) is 0 Å². The summed E-state index contributed by atoms with van der Waals surface area (Å²) in [5, 5.41) is 0. The summed E-state index contributed by atoms with van der Waals surface area (Å²) in [6.07, 6.45) is 1.12. The Hall–Kier alpha value is -2.92. The van der Waals surface area contributed by atoms with E-state index in [2.05, 4.69) is 0 Å². The molecule has 0 unspecified atom stereocenters. The second kappa shape index (κ2) is 6.11. The molecule has 0 aromatic heterocycles. The number of rotatable bonds is 2. The van der Waals surface area contributed by atoms with E-state index in [-0.39, 0.29) is 16.4 Å². The van der Waals surface area contributed by atoms with Crippen molar-refractivity contribution >= 4 is 21.4 Å². The predicted octanol–water partition coefficient (Wildman–Crippen LogP) is 3.92. The topological polar surface area (TPSA) is 54.5 Å². The monoisotopic (exact) mass is 363 g/mol. The highest BCUT2D eigenvalue weighted by Crippen LogP contribution is 2.39. The first-order valence-electron chi connectivity index (χ1n) is 8.25. The Morgan fingerprint density at radius 1 is 0.846 bits per heavy atom. The van der Waals surface area contributed by atoms with Gasteiger partial charge < -0.3 is 4.90 Å². The van der Waals surface area contributed by atoms with Crippen LogP contribution < -0.4 is 4.90 Å². The standard InChI is InChI=1S/C21H17NO3S/c1-26(24,25)20-13-7-5-11-18(20)21(23)22-14-15-8-2-3-9-16(15)17-10-4-6-12-19(17)22/h2-13H,14H2,1H3. The summed E-state index contributed by atoms with van der Waals surface area (Å²) in [6, 6.07) is 22.0. The number of benzene rings is 3. The van der Waals surface area contributed by atoms with Crippen LogP contribution in [-0.4, -0.2) is 20.6 Å². The lowest BCUT2D eigenvalue weighted by molar-refractivity contribution is 0.0981. The Balaban J connectivity index is 1.87. The average Bonchev–Trinajstić information content (AvgIpc) is 2.66. The van der Waals surface area contributed by atoms with Gasteiger partial charge in [0.1, 0.15) is 0 Å². The van der Waals surface area contributed by atoms with Crippen LogP contribution in [0.1, 0.15) is 15.9 Å². The van der Waals surface area contributed by atoms with E-state index in [0.29, 0.717) is 6.54 Å². The number of fused-ring (bicyclic) bond motifs is 3. The molecule has 1 aliphatic heterocycles. The first kappa shape index (κ1) is 16.5. The van der Waals surface area contributed by atoms with Gasteiger partial charge in [-0.3, -0.25) is 4.79 Å². The van der Waals surface area contributed by atoms with Gasteiger partial charge in [-0.05, 0) is 29.3 Å². The molecule has 0 radical (unpaired) electrons. The van der Waals surface area contributed by atoms with E-state index in [1.165, 1.54) is 6.07 Å². The third-order valence-electron chi connectivity index (χ3n) is 4.59. The van der Waals surface area contributed by atoms with Crippen LogP contribution in [-0.2, 0) is 16.4 Å². The number of sulfone groups is 1. The van der Waals surface area contributed by atoms with Gasteiger partial charge in [-0.25, -0.2) is 8.42 Å². The molecule has 0 spiro atoms. The number of nitrogens with zero attached hydrogens (tertiary/aromatic N) is 1. The van der Waals surface area contributed by atoms with Crippen molar-refractivity contribution in [3.05, 3.63) is 83.9 Å². The second-order valence-electron chi connectivity index (χ2n) is 6.33. The lowest BCUT2D eigenvalue weighted by Gasteiger charge is -2.31. The molecule has 1 aliphatic rings. The number of carbonyl (C=O) groups is 1. The third-order valence-corrected chi connectivity index (χ3v) is 5.75. The summed E-state index contributed by atoms with van der Waals surface area (Å²) in [7, 11) is -3.50. The van der Waals surface area contributed by atoms with Crippen molar-refractivity contribution in [3.8, 4) is 11.1 Å². The highest BCUT2D eigenvalue weighted by Gasteiger charge is 2.29. The fourth-order valence-electron chi connectivity index (χ4n) is 3.41. The van der Waals surface area contributed by atoms with Gasteiger partial charge in [-0.1, -0.05) is 54.6 Å². The zero-order valence-electron chi connectivity index (χ0n) is 14.2. The molecule has 3 aromatic carbocycles. The largest absolute Gasteiger partial charge is 0.303 e. The fraction of sp³-hybridized carbons (Fsp3) is 0.0952. The zero-order valence-corrected chi connectivity index (χ0v) is 15.0. The average molecular weight is 363 g/mol. The number of hydrogen-bond donors (Lipinski definition) is 0. The quantitative estimate of drug-likeness (QED) is 0.693. The molecule has 0 fully saturated rings. The van der Waals surface area contributed by atoms with Crippen LogP contribution in [0.5, 0.6) is 0 Å². The molecule has 3 aromatic rings. The van der Waals surface area contributed by atoms with Crippen LogP contribution in [0, 0.1) is 0 Å². The summed E-state index contributed by atoms with van der Waals surface area (Å²) in [6.45, 7) is 0.407. The highest BCUT2D eigenvalue weighted by molar-refractivity contribution is 7.90. The van der Waals surface area contributed by atoms with Gasteiger partial charge in [-0.2, -0.15) is 0 Å². The lowest BCUT2D eigenvalue weighted by Crippen LogP contribution is -2.34. The van der Waals surface area contributed by atoms with Crippen molar-refractivity contribution in [1.82, 2.24) is 0 Å². The maximum atomic E-state index is 13.3. The summed E-state index contributed by atoms with van der Waals surface area (Å²) in [4.78, 5) is 15.0. The molecule has 0 N–H and O–H groups in total. The van der Waals surface area contributed by atoms with Gasteiger partial charge >= 0.3 is 0 Å². The molecule has 0 atom stereocenters. The SMILES string of the molecule is CS(=O)(=O)c1ccccc1C(=O)N1Cc2ccccc2-c2ccccc21. The van der Waals surface area contributed by atoms with Crippen molar-refractivity contribution in [2.24, 2.45) is 0 Å². The number of anilines is 1. The van der Waals surface area contributed by atoms with Crippen LogP contribution in [0.2, 0.25) is 0 Å². The molecule has 4 rings (SSSR count). The molecule has 0 saturated heterocycles. The van der Waals surface area contributed by atoms with Gasteiger partial charge in [0.15, 0.2) is 9.84 Å². The minimum Gasteiger partial charge on any atom is -0.303 e. The Morgan fingerprint density at radius 2 is 1.46 bits per heavy atom. The van der Waals surface area contributed by atoms with Gasteiger partial charge in [0.05, 0.1) is 22.7 Å². The third kappa shape index (κ3) is 2.70. The van der Waals surface area contributed by atoms with E-state index in [0.717, 1.165) is 28.6 Å². The van der Waals surface area contributed by atoms with E-state index in [4.69, 9.17) is 0 Å². The van der Waals surface area contributed by atoms with Crippen LogP contribution in [0.4, 0.5) is 5.69 Å². The molecular weight excluding hydrogens is 346 g/mol. The summed E-state index contributed by atoms with van der Waals surface area (Å²) in [5.41, 5.74) is 4.10. The van der Waals surface area contributed by atoms with Crippen LogP contribution in [0.15, 0.2) is 77.7 Å². The normalized spacial score (nSPS) is 13.0.